The number of nitrogens with zero attached hydrogens (tertiary/aromatic N) is 2. The zero-order valence-corrected chi connectivity index (χ0v) is 14.8. The van der Waals surface area contributed by atoms with Gasteiger partial charge in [0.25, 0.3) is 0 Å². The summed E-state index contributed by atoms with van der Waals surface area (Å²) in [5.74, 6) is 0.180. The summed E-state index contributed by atoms with van der Waals surface area (Å²) in [5.41, 5.74) is 1.76. The van der Waals surface area contributed by atoms with Crippen molar-refractivity contribution in [2.24, 2.45) is 0 Å². The van der Waals surface area contributed by atoms with Crippen LogP contribution in [0.15, 0.2) is 54.9 Å². The van der Waals surface area contributed by atoms with Gasteiger partial charge in [0.1, 0.15) is 11.6 Å². The molecule has 3 aromatic rings. The standard InChI is InChI=1S/C19H17ClFN3O2/c1-26-15-7-5-13(6-8-15)9-19(25)23-14-10-22-24(11-14)12-16-17(20)3-2-4-18(16)21/h2-8,10-11H,9,12H2,1H3,(H,23,25). The summed E-state index contributed by atoms with van der Waals surface area (Å²) in [6.45, 7) is 0.180. The fourth-order valence-electron chi connectivity index (χ4n) is 2.49. The Balaban J connectivity index is 1.61. The first-order chi connectivity index (χ1) is 12.5. The van der Waals surface area contributed by atoms with Crippen molar-refractivity contribution in [1.82, 2.24) is 9.78 Å². The third-order valence-corrected chi connectivity index (χ3v) is 4.18. The van der Waals surface area contributed by atoms with Gasteiger partial charge >= 0.3 is 0 Å². The normalized spacial score (nSPS) is 10.6. The highest BCUT2D eigenvalue weighted by molar-refractivity contribution is 6.31. The molecule has 0 bridgehead atoms. The summed E-state index contributed by atoms with van der Waals surface area (Å²) in [6, 6.07) is 11.8. The lowest BCUT2D eigenvalue weighted by molar-refractivity contribution is -0.115. The summed E-state index contributed by atoms with van der Waals surface area (Å²) in [7, 11) is 1.59. The number of carbonyl (C=O) groups is 1. The Morgan fingerprint density at radius 2 is 2.04 bits per heavy atom. The van der Waals surface area contributed by atoms with Gasteiger partial charge in [-0.1, -0.05) is 29.8 Å². The van der Waals surface area contributed by atoms with Gasteiger partial charge < -0.3 is 10.1 Å². The number of nitrogens with one attached hydrogen (secondary N) is 1. The molecule has 0 radical (unpaired) electrons. The van der Waals surface area contributed by atoms with Gasteiger partial charge in [-0.3, -0.25) is 9.48 Å². The number of halogens is 2. The van der Waals surface area contributed by atoms with E-state index in [1.165, 1.54) is 16.9 Å². The quantitative estimate of drug-likeness (QED) is 0.712. The second kappa shape index (κ2) is 8.01. The monoisotopic (exact) mass is 373 g/mol. The van der Waals surface area contributed by atoms with E-state index in [1.54, 1.807) is 37.6 Å². The smallest absolute Gasteiger partial charge is 0.228 e. The van der Waals surface area contributed by atoms with E-state index in [1.807, 2.05) is 12.1 Å². The van der Waals surface area contributed by atoms with Crippen molar-refractivity contribution < 1.29 is 13.9 Å². The van der Waals surface area contributed by atoms with Crippen molar-refractivity contribution >= 4 is 23.2 Å². The van der Waals surface area contributed by atoms with Gasteiger partial charge in [-0.2, -0.15) is 5.10 Å². The Bertz CT molecular complexity index is 889. The molecule has 3 rings (SSSR count). The molecule has 0 atom stereocenters. The van der Waals surface area contributed by atoms with Crippen LogP contribution in [0.1, 0.15) is 11.1 Å². The van der Waals surface area contributed by atoms with Gasteiger partial charge in [-0.15, -0.1) is 0 Å². The lowest BCUT2D eigenvalue weighted by Crippen LogP contribution is -2.14. The van der Waals surface area contributed by atoms with E-state index in [0.717, 1.165) is 11.3 Å². The van der Waals surface area contributed by atoms with Crippen molar-refractivity contribution in [1.29, 1.82) is 0 Å². The molecule has 0 saturated heterocycles. The topological polar surface area (TPSA) is 56.1 Å². The second-order valence-corrected chi connectivity index (χ2v) is 6.11. The minimum Gasteiger partial charge on any atom is -0.497 e. The van der Waals surface area contributed by atoms with Crippen LogP contribution < -0.4 is 10.1 Å². The molecule has 5 nitrogen and oxygen atoms in total. The Hall–Kier alpha value is -2.86. The van der Waals surface area contributed by atoms with E-state index in [-0.39, 0.29) is 18.9 Å². The molecule has 1 N–H and O–H groups in total. The number of aromatic nitrogens is 2. The number of amides is 1. The number of hydrogen-bond acceptors (Lipinski definition) is 3. The van der Waals surface area contributed by atoms with Gasteiger partial charge in [0.15, 0.2) is 0 Å². The molecule has 134 valence electrons. The zero-order valence-electron chi connectivity index (χ0n) is 14.1. The van der Waals surface area contributed by atoms with Gasteiger partial charge in [0.2, 0.25) is 5.91 Å². The molecule has 2 aromatic carbocycles. The SMILES string of the molecule is COc1ccc(CC(=O)Nc2cnn(Cc3c(F)cccc3Cl)c2)cc1. The molecule has 1 heterocycles. The fraction of sp³-hybridized carbons (Fsp3) is 0.158. The molecule has 0 unspecified atom stereocenters. The lowest BCUT2D eigenvalue weighted by Gasteiger charge is -2.06. The second-order valence-electron chi connectivity index (χ2n) is 5.70. The first kappa shape index (κ1) is 17.9. The Morgan fingerprint density at radius 1 is 1.27 bits per heavy atom. The van der Waals surface area contributed by atoms with Crippen molar-refractivity contribution in [3.8, 4) is 5.75 Å². The van der Waals surface area contributed by atoms with Gasteiger partial charge in [0.05, 0.1) is 32.0 Å². The molecule has 1 amide bonds. The van der Waals surface area contributed by atoms with Crippen LogP contribution in [0.25, 0.3) is 0 Å². The first-order valence-corrected chi connectivity index (χ1v) is 8.31. The summed E-state index contributed by atoms with van der Waals surface area (Å²) < 4.78 is 20.5. The third-order valence-electron chi connectivity index (χ3n) is 3.82. The molecule has 0 aliphatic carbocycles. The largest absolute Gasteiger partial charge is 0.497 e. The maximum atomic E-state index is 13.8. The summed E-state index contributed by atoms with van der Waals surface area (Å²) >= 11 is 6.02. The van der Waals surface area contributed by atoms with Crippen LogP contribution in [-0.2, 0) is 17.8 Å². The molecule has 0 spiro atoms. The zero-order chi connectivity index (χ0) is 18.5. The van der Waals surface area contributed by atoms with E-state index in [0.29, 0.717) is 16.3 Å². The molecule has 26 heavy (non-hydrogen) atoms. The molecule has 0 fully saturated rings. The average molecular weight is 374 g/mol. The molecule has 1 aromatic heterocycles. The highest BCUT2D eigenvalue weighted by Crippen LogP contribution is 2.20. The number of ether oxygens (including phenoxy) is 1. The van der Waals surface area contributed by atoms with Crippen molar-refractivity contribution in [2.75, 3.05) is 12.4 Å². The van der Waals surface area contributed by atoms with E-state index in [2.05, 4.69) is 10.4 Å². The molecule has 0 saturated carbocycles. The lowest BCUT2D eigenvalue weighted by atomic mass is 10.1. The van der Waals surface area contributed by atoms with Crippen LogP contribution in [0.3, 0.4) is 0 Å². The third kappa shape index (κ3) is 4.40. The van der Waals surface area contributed by atoms with Crippen LogP contribution in [-0.4, -0.2) is 22.8 Å². The predicted octanol–water partition coefficient (Wildman–Crippen LogP) is 3.91. The molecule has 0 aliphatic rings. The van der Waals surface area contributed by atoms with E-state index >= 15 is 0 Å². The van der Waals surface area contributed by atoms with Crippen LogP contribution in [0.4, 0.5) is 10.1 Å². The Kier molecular flexibility index (Phi) is 5.53. The van der Waals surface area contributed by atoms with Crippen LogP contribution in [0.2, 0.25) is 5.02 Å². The average Bonchev–Trinajstić information content (AvgIpc) is 3.06. The summed E-state index contributed by atoms with van der Waals surface area (Å²) in [5, 5.41) is 7.25. The minimum atomic E-state index is -0.391. The van der Waals surface area contributed by atoms with Crippen molar-refractivity contribution in [3.05, 3.63) is 76.8 Å². The first-order valence-electron chi connectivity index (χ1n) is 7.93. The highest BCUT2D eigenvalue weighted by Gasteiger charge is 2.10. The molecular weight excluding hydrogens is 357 g/mol. The number of rotatable bonds is 6. The summed E-state index contributed by atoms with van der Waals surface area (Å²) in [4.78, 5) is 12.2. The Morgan fingerprint density at radius 3 is 2.73 bits per heavy atom. The number of anilines is 1. The number of hydrogen-bond donors (Lipinski definition) is 1. The Labute approximate surface area is 155 Å². The van der Waals surface area contributed by atoms with E-state index < -0.39 is 5.82 Å². The van der Waals surface area contributed by atoms with Crippen molar-refractivity contribution in [2.45, 2.75) is 13.0 Å². The maximum Gasteiger partial charge on any atom is 0.228 e. The van der Waals surface area contributed by atoms with Crippen LogP contribution in [0.5, 0.6) is 5.75 Å². The molecule has 7 heteroatoms. The van der Waals surface area contributed by atoms with Gasteiger partial charge in [-0.05, 0) is 29.8 Å². The number of methoxy groups -OCH3 is 1. The van der Waals surface area contributed by atoms with Gasteiger partial charge in [0, 0.05) is 16.8 Å². The van der Waals surface area contributed by atoms with Crippen molar-refractivity contribution in [3.63, 3.8) is 0 Å². The number of benzene rings is 2. The maximum absolute atomic E-state index is 13.8. The highest BCUT2D eigenvalue weighted by atomic mass is 35.5. The van der Waals surface area contributed by atoms with Gasteiger partial charge in [-0.25, -0.2) is 4.39 Å². The van der Waals surface area contributed by atoms with Crippen LogP contribution >= 0.6 is 11.6 Å². The molecule has 0 aliphatic heterocycles. The fourth-order valence-corrected chi connectivity index (χ4v) is 2.72. The van der Waals surface area contributed by atoms with E-state index in [4.69, 9.17) is 16.3 Å². The summed E-state index contributed by atoms with van der Waals surface area (Å²) in [6.07, 6.45) is 3.38. The number of carbonyl (C=O) groups excluding carboxylic acids is 1. The van der Waals surface area contributed by atoms with Crippen LogP contribution in [0, 0.1) is 5.82 Å². The van der Waals surface area contributed by atoms with E-state index in [9.17, 15) is 9.18 Å². The minimum absolute atomic E-state index is 0.168. The predicted molar refractivity (Wildman–Crippen MR) is 98.1 cm³/mol. The molecular formula is C19H17ClFN3O2.